The lowest BCUT2D eigenvalue weighted by atomic mass is 9.93. The van der Waals surface area contributed by atoms with Gasteiger partial charge in [0.2, 0.25) is 0 Å². The first-order valence-corrected chi connectivity index (χ1v) is 7.94. The van der Waals surface area contributed by atoms with Gasteiger partial charge in [0.1, 0.15) is 11.5 Å². The third-order valence-corrected chi connectivity index (χ3v) is 3.45. The van der Waals surface area contributed by atoms with Gasteiger partial charge < -0.3 is 9.47 Å². The summed E-state index contributed by atoms with van der Waals surface area (Å²) in [5, 5.41) is 0. The van der Waals surface area contributed by atoms with Crippen molar-refractivity contribution >= 4 is 0 Å². The van der Waals surface area contributed by atoms with E-state index in [4.69, 9.17) is 9.47 Å². The second-order valence-corrected chi connectivity index (χ2v) is 8.20. The molecular weight excluding hydrogens is 260 g/mol. The summed E-state index contributed by atoms with van der Waals surface area (Å²) in [7, 11) is 0. The Bertz CT molecular complexity index is 398. The molecule has 0 fully saturated rings. The second kappa shape index (κ2) is 7.20. The molecule has 0 N–H and O–H groups in total. The maximum atomic E-state index is 5.92. The molecule has 0 aromatic heterocycles. The molecule has 1 aromatic rings. The van der Waals surface area contributed by atoms with E-state index in [1.807, 2.05) is 18.2 Å². The molecule has 0 amide bonds. The summed E-state index contributed by atoms with van der Waals surface area (Å²) < 4.78 is 11.8. The van der Waals surface area contributed by atoms with Gasteiger partial charge in [-0.3, -0.25) is 0 Å². The third-order valence-electron chi connectivity index (χ3n) is 3.45. The number of benzene rings is 1. The topological polar surface area (TPSA) is 18.5 Å². The fraction of sp³-hybridized carbons (Fsp3) is 0.684. The maximum Gasteiger partial charge on any atom is 0.125 e. The zero-order chi connectivity index (χ0) is 16.1. The van der Waals surface area contributed by atoms with Crippen LogP contribution in [0.3, 0.4) is 0 Å². The first-order chi connectivity index (χ1) is 9.58. The molecule has 0 radical (unpaired) electrons. The van der Waals surface area contributed by atoms with Crippen molar-refractivity contribution in [2.45, 2.75) is 61.3 Å². The molecule has 0 aliphatic carbocycles. The Hall–Kier alpha value is -1.18. The van der Waals surface area contributed by atoms with Crippen molar-refractivity contribution in [2.24, 2.45) is 10.8 Å². The highest BCUT2D eigenvalue weighted by Crippen LogP contribution is 2.29. The monoisotopic (exact) mass is 292 g/mol. The normalized spacial score (nSPS) is 12.3. The van der Waals surface area contributed by atoms with Gasteiger partial charge in [-0.25, -0.2) is 0 Å². The minimum atomic E-state index is 0.300. The van der Waals surface area contributed by atoms with Gasteiger partial charge in [0.05, 0.1) is 13.2 Å². The van der Waals surface area contributed by atoms with E-state index >= 15 is 0 Å². The minimum absolute atomic E-state index is 0.300. The highest BCUT2D eigenvalue weighted by molar-refractivity contribution is 5.43. The zero-order valence-electron chi connectivity index (χ0n) is 14.9. The SMILES string of the molecule is Cc1c(OCCC(C)(C)C)cccc1OCCC(C)(C)C. The van der Waals surface area contributed by atoms with E-state index in [1.165, 1.54) is 0 Å². The molecule has 0 saturated carbocycles. The smallest absolute Gasteiger partial charge is 0.125 e. The van der Waals surface area contributed by atoms with Crippen LogP contribution in [0.4, 0.5) is 0 Å². The minimum Gasteiger partial charge on any atom is -0.493 e. The van der Waals surface area contributed by atoms with E-state index in [0.717, 1.165) is 43.1 Å². The summed E-state index contributed by atoms with van der Waals surface area (Å²) >= 11 is 0. The Morgan fingerprint density at radius 2 is 1.14 bits per heavy atom. The van der Waals surface area contributed by atoms with Crippen molar-refractivity contribution in [3.8, 4) is 11.5 Å². The molecule has 0 heterocycles. The molecule has 0 saturated heterocycles. The maximum absolute atomic E-state index is 5.92. The molecule has 0 aliphatic rings. The van der Waals surface area contributed by atoms with E-state index in [9.17, 15) is 0 Å². The van der Waals surface area contributed by atoms with Crippen LogP contribution < -0.4 is 9.47 Å². The van der Waals surface area contributed by atoms with Crippen LogP contribution in [0, 0.1) is 17.8 Å². The molecule has 0 aliphatic heterocycles. The Morgan fingerprint density at radius 3 is 1.48 bits per heavy atom. The average Bonchev–Trinajstić information content (AvgIpc) is 2.30. The first-order valence-electron chi connectivity index (χ1n) is 7.94. The van der Waals surface area contributed by atoms with Gasteiger partial charge in [0.25, 0.3) is 0 Å². The molecule has 0 bridgehead atoms. The molecule has 0 atom stereocenters. The molecule has 120 valence electrons. The number of hydrogen-bond donors (Lipinski definition) is 0. The van der Waals surface area contributed by atoms with Crippen LogP contribution in [0.1, 0.15) is 59.9 Å². The first kappa shape index (κ1) is 17.9. The van der Waals surface area contributed by atoms with Crippen molar-refractivity contribution in [2.75, 3.05) is 13.2 Å². The summed E-state index contributed by atoms with van der Waals surface area (Å²) in [6.07, 6.45) is 2.09. The van der Waals surface area contributed by atoms with Crippen LogP contribution in [-0.4, -0.2) is 13.2 Å². The van der Waals surface area contributed by atoms with Crippen LogP contribution in [0.5, 0.6) is 11.5 Å². The van der Waals surface area contributed by atoms with E-state index in [2.05, 4.69) is 48.5 Å². The van der Waals surface area contributed by atoms with E-state index in [0.29, 0.717) is 10.8 Å². The molecule has 1 rings (SSSR count). The summed E-state index contributed by atoms with van der Waals surface area (Å²) in [5.74, 6) is 1.88. The van der Waals surface area contributed by atoms with Gasteiger partial charge in [-0.2, -0.15) is 0 Å². The lowest BCUT2D eigenvalue weighted by Crippen LogP contribution is -2.12. The summed E-state index contributed by atoms with van der Waals surface area (Å²) in [5.41, 5.74) is 1.70. The van der Waals surface area contributed by atoms with Crippen molar-refractivity contribution in [3.63, 3.8) is 0 Å². The predicted molar refractivity (Wildman–Crippen MR) is 90.3 cm³/mol. The quantitative estimate of drug-likeness (QED) is 0.677. The average molecular weight is 292 g/mol. The Labute approximate surface area is 130 Å². The van der Waals surface area contributed by atoms with Crippen LogP contribution in [0.15, 0.2) is 18.2 Å². The van der Waals surface area contributed by atoms with E-state index in [1.54, 1.807) is 0 Å². The Balaban J connectivity index is 2.57. The van der Waals surface area contributed by atoms with Crippen molar-refractivity contribution < 1.29 is 9.47 Å². The van der Waals surface area contributed by atoms with Crippen molar-refractivity contribution in [1.82, 2.24) is 0 Å². The van der Waals surface area contributed by atoms with Crippen molar-refractivity contribution in [3.05, 3.63) is 23.8 Å². The van der Waals surface area contributed by atoms with E-state index < -0.39 is 0 Å². The van der Waals surface area contributed by atoms with Crippen LogP contribution in [-0.2, 0) is 0 Å². The van der Waals surface area contributed by atoms with Gasteiger partial charge in [-0.05, 0) is 42.7 Å². The third kappa shape index (κ3) is 7.40. The van der Waals surface area contributed by atoms with Gasteiger partial charge in [-0.1, -0.05) is 47.6 Å². The van der Waals surface area contributed by atoms with Crippen LogP contribution in [0.25, 0.3) is 0 Å². The number of hydrogen-bond acceptors (Lipinski definition) is 2. The largest absolute Gasteiger partial charge is 0.493 e. The van der Waals surface area contributed by atoms with Crippen molar-refractivity contribution in [1.29, 1.82) is 0 Å². The summed E-state index contributed by atoms with van der Waals surface area (Å²) in [6.45, 7) is 16.9. The molecule has 0 unspecified atom stereocenters. The summed E-state index contributed by atoms with van der Waals surface area (Å²) in [4.78, 5) is 0. The fourth-order valence-electron chi connectivity index (χ4n) is 1.84. The van der Waals surface area contributed by atoms with Gasteiger partial charge in [0.15, 0.2) is 0 Å². The van der Waals surface area contributed by atoms with Gasteiger partial charge >= 0.3 is 0 Å². The molecular formula is C19H32O2. The van der Waals surface area contributed by atoms with Crippen LogP contribution >= 0.6 is 0 Å². The molecule has 2 heteroatoms. The second-order valence-electron chi connectivity index (χ2n) is 8.20. The number of ether oxygens (including phenoxy) is 2. The molecule has 1 aromatic carbocycles. The fourth-order valence-corrected chi connectivity index (χ4v) is 1.84. The lowest BCUT2D eigenvalue weighted by molar-refractivity contribution is 0.232. The van der Waals surface area contributed by atoms with E-state index in [-0.39, 0.29) is 0 Å². The zero-order valence-corrected chi connectivity index (χ0v) is 14.9. The Morgan fingerprint density at radius 1 is 0.762 bits per heavy atom. The number of rotatable bonds is 6. The highest BCUT2D eigenvalue weighted by Gasteiger charge is 2.13. The molecule has 2 nitrogen and oxygen atoms in total. The van der Waals surface area contributed by atoms with Gasteiger partial charge in [0, 0.05) is 5.56 Å². The predicted octanol–water partition coefficient (Wildman–Crippen LogP) is 5.63. The standard InChI is InChI=1S/C19H32O2/c1-15-16(20-13-11-18(2,3)4)9-8-10-17(15)21-14-12-19(5,6)7/h8-10H,11-14H2,1-7H3. The van der Waals surface area contributed by atoms with Crippen LogP contribution in [0.2, 0.25) is 0 Å². The highest BCUT2D eigenvalue weighted by atomic mass is 16.5. The van der Waals surface area contributed by atoms with Gasteiger partial charge in [-0.15, -0.1) is 0 Å². The summed E-state index contributed by atoms with van der Waals surface area (Å²) in [6, 6.07) is 6.05. The molecule has 21 heavy (non-hydrogen) atoms. The lowest BCUT2D eigenvalue weighted by Gasteiger charge is -2.20. The molecule has 0 spiro atoms. The Kier molecular flexibility index (Phi) is 6.12.